The van der Waals surface area contributed by atoms with E-state index in [0.29, 0.717) is 25.1 Å². The molecule has 6 heteroatoms. The molecule has 0 aromatic heterocycles. The van der Waals surface area contributed by atoms with Crippen LogP contribution in [0.2, 0.25) is 0 Å². The Bertz CT molecular complexity index is 539. The summed E-state index contributed by atoms with van der Waals surface area (Å²) in [5.41, 5.74) is -0.534. The minimum atomic E-state index is -1.48. The zero-order valence-corrected chi connectivity index (χ0v) is 12.0. The lowest BCUT2D eigenvalue weighted by molar-refractivity contribution is -0.151. The van der Waals surface area contributed by atoms with Crippen LogP contribution in [-0.2, 0) is 11.3 Å². The maximum Gasteiger partial charge on any atom is 0.311 e. The summed E-state index contributed by atoms with van der Waals surface area (Å²) in [5, 5.41) is 9.45. The molecule has 0 radical (unpaired) electrons. The molecule has 1 unspecified atom stereocenters. The predicted octanol–water partition coefficient (Wildman–Crippen LogP) is 3.04. The number of carboxylic acid groups (broad SMARTS) is 1. The van der Waals surface area contributed by atoms with E-state index in [9.17, 15) is 23.1 Å². The number of nitrogens with zero attached hydrogens (tertiary/aromatic N) is 1. The van der Waals surface area contributed by atoms with Crippen LogP contribution in [0, 0.1) is 28.8 Å². The minimum Gasteiger partial charge on any atom is -0.481 e. The van der Waals surface area contributed by atoms with Gasteiger partial charge in [0.1, 0.15) is 0 Å². The Balaban J connectivity index is 2.14. The zero-order chi connectivity index (χ0) is 15.8. The summed E-state index contributed by atoms with van der Waals surface area (Å²) < 4.78 is 39.3. The maximum atomic E-state index is 13.2. The quantitative estimate of drug-likeness (QED) is 0.869. The Labute approximate surface area is 121 Å². The first kappa shape index (κ1) is 15.8. The highest BCUT2D eigenvalue weighted by Gasteiger charge is 2.47. The Kier molecular flexibility index (Phi) is 4.27. The molecule has 1 aliphatic heterocycles. The number of likely N-dealkylation sites (tertiary alicyclic amines) is 1. The third-order valence-electron chi connectivity index (χ3n) is 4.36. The number of benzene rings is 1. The van der Waals surface area contributed by atoms with Crippen molar-refractivity contribution in [3.63, 3.8) is 0 Å². The summed E-state index contributed by atoms with van der Waals surface area (Å²) in [4.78, 5) is 13.4. The largest absolute Gasteiger partial charge is 0.481 e. The van der Waals surface area contributed by atoms with E-state index in [1.807, 2.05) is 18.7 Å². The van der Waals surface area contributed by atoms with E-state index in [1.54, 1.807) is 0 Å². The van der Waals surface area contributed by atoms with Crippen molar-refractivity contribution < 1.29 is 23.1 Å². The molecule has 2 rings (SSSR count). The lowest BCUT2D eigenvalue weighted by Gasteiger charge is -2.28. The molecular weight excluding hydrogens is 283 g/mol. The van der Waals surface area contributed by atoms with Crippen LogP contribution >= 0.6 is 0 Å². The van der Waals surface area contributed by atoms with Gasteiger partial charge in [-0.1, -0.05) is 13.8 Å². The van der Waals surface area contributed by atoms with E-state index in [2.05, 4.69) is 0 Å². The van der Waals surface area contributed by atoms with Crippen LogP contribution < -0.4 is 0 Å². The molecule has 1 aromatic carbocycles. The fraction of sp³-hybridized carbons (Fsp3) is 0.533. The highest BCUT2D eigenvalue weighted by Crippen LogP contribution is 2.38. The summed E-state index contributed by atoms with van der Waals surface area (Å²) in [7, 11) is 0. The van der Waals surface area contributed by atoms with Gasteiger partial charge in [-0.25, -0.2) is 13.2 Å². The molecule has 0 bridgehead atoms. The number of hydrogen-bond donors (Lipinski definition) is 1. The van der Waals surface area contributed by atoms with E-state index in [-0.39, 0.29) is 12.5 Å². The lowest BCUT2D eigenvalue weighted by Crippen LogP contribution is -2.39. The van der Waals surface area contributed by atoms with Gasteiger partial charge in [0.25, 0.3) is 0 Å². The third-order valence-corrected chi connectivity index (χ3v) is 4.36. The molecule has 3 nitrogen and oxygen atoms in total. The third kappa shape index (κ3) is 2.90. The SMILES string of the molecule is CC(C)C1(C(=O)O)CCN(Cc2cc(F)c(F)c(F)c2)C1. The van der Waals surface area contributed by atoms with Crippen molar-refractivity contribution in [3.8, 4) is 0 Å². The first-order valence-corrected chi connectivity index (χ1v) is 6.85. The highest BCUT2D eigenvalue weighted by atomic mass is 19.2. The zero-order valence-electron chi connectivity index (χ0n) is 12.0. The number of rotatable bonds is 4. The van der Waals surface area contributed by atoms with Crippen molar-refractivity contribution in [3.05, 3.63) is 35.1 Å². The summed E-state index contributed by atoms with van der Waals surface area (Å²) in [5.74, 6) is -4.82. The van der Waals surface area contributed by atoms with Crippen LogP contribution in [0.3, 0.4) is 0 Å². The van der Waals surface area contributed by atoms with Crippen molar-refractivity contribution >= 4 is 5.97 Å². The predicted molar refractivity (Wildman–Crippen MR) is 71.1 cm³/mol. The van der Waals surface area contributed by atoms with E-state index < -0.39 is 28.8 Å². The second kappa shape index (κ2) is 5.67. The van der Waals surface area contributed by atoms with Gasteiger partial charge in [-0.15, -0.1) is 0 Å². The van der Waals surface area contributed by atoms with E-state index in [4.69, 9.17) is 0 Å². The maximum absolute atomic E-state index is 13.2. The molecule has 1 N–H and O–H groups in total. The van der Waals surface area contributed by atoms with Gasteiger partial charge in [0, 0.05) is 13.1 Å². The fourth-order valence-electron chi connectivity index (χ4n) is 2.90. The molecule has 0 spiro atoms. The summed E-state index contributed by atoms with van der Waals surface area (Å²) in [6, 6.07) is 1.91. The standard InChI is InChI=1S/C15H18F3NO2/c1-9(2)15(14(20)21)3-4-19(8-15)7-10-5-11(16)13(18)12(17)6-10/h5-6,9H,3-4,7-8H2,1-2H3,(H,20,21). The smallest absolute Gasteiger partial charge is 0.311 e. The average Bonchev–Trinajstić information content (AvgIpc) is 2.81. The van der Waals surface area contributed by atoms with E-state index in [0.717, 1.165) is 12.1 Å². The first-order valence-electron chi connectivity index (χ1n) is 6.85. The second-order valence-corrected chi connectivity index (χ2v) is 5.95. The van der Waals surface area contributed by atoms with Crippen LogP contribution in [0.15, 0.2) is 12.1 Å². The second-order valence-electron chi connectivity index (χ2n) is 5.95. The van der Waals surface area contributed by atoms with Gasteiger partial charge in [-0.2, -0.15) is 0 Å². The average molecular weight is 301 g/mol. The van der Waals surface area contributed by atoms with Gasteiger partial charge in [0.2, 0.25) is 0 Å². The van der Waals surface area contributed by atoms with E-state index in [1.165, 1.54) is 0 Å². The van der Waals surface area contributed by atoms with Crippen LogP contribution in [0.4, 0.5) is 13.2 Å². The first-order chi connectivity index (χ1) is 9.76. The molecule has 1 aromatic rings. The molecule has 1 saturated heterocycles. The molecule has 116 valence electrons. The Morgan fingerprint density at radius 1 is 1.33 bits per heavy atom. The Hall–Kier alpha value is -1.56. The van der Waals surface area contributed by atoms with Crippen molar-refractivity contribution in [1.29, 1.82) is 0 Å². The van der Waals surface area contributed by atoms with Crippen LogP contribution in [0.1, 0.15) is 25.8 Å². The molecule has 1 atom stereocenters. The fourth-order valence-corrected chi connectivity index (χ4v) is 2.90. The summed E-state index contributed by atoms with van der Waals surface area (Å²) in [6.07, 6.45) is 0.492. The molecule has 21 heavy (non-hydrogen) atoms. The monoisotopic (exact) mass is 301 g/mol. The van der Waals surface area contributed by atoms with Gasteiger partial charge in [-0.3, -0.25) is 9.69 Å². The number of carbonyl (C=O) groups is 1. The molecular formula is C15H18F3NO2. The van der Waals surface area contributed by atoms with Gasteiger partial charge >= 0.3 is 5.97 Å². The van der Waals surface area contributed by atoms with Gasteiger partial charge in [0.15, 0.2) is 17.5 Å². The Morgan fingerprint density at radius 3 is 2.33 bits per heavy atom. The number of aliphatic carboxylic acids is 1. The molecule has 1 aliphatic rings. The normalized spacial score (nSPS) is 23.0. The van der Waals surface area contributed by atoms with Crippen molar-refractivity contribution in [2.45, 2.75) is 26.8 Å². The summed E-state index contributed by atoms with van der Waals surface area (Å²) >= 11 is 0. The lowest BCUT2D eigenvalue weighted by atomic mass is 9.76. The number of halogens is 3. The van der Waals surface area contributed by atoms with Gasteiger partial charge < -0.3 is 5.11 Å². The molecule has 0 saturated carbocycles. The van der Waals surface area contributed by atoms with Crippen molar-refractivity contribution in [1.82, 2.24) is 4.90 Å². The van der Waals surface area contributed by atoms with Crippen molar-refractivity contribution in [2.24, 2.45) is 11.3 Å². The van der Waals surface area contributed by atoms with Gasteiger partial charge in [0.05, 0.1) is 5.41 Å². The van der Waals surface area contributed by atoms with Crippen molar-refractivity contribution in [2.75, 3.05) is 13.1 Å². The highest BCUT2D eigenvalue weighted by molar-refractivity contribution is 5.75. The van der Waals surface area contributed by atoms with E-state index >= 15 is 0 Å². The topological polar surface area (TPSA) is 40.5 Å². The van der Waals surface area contributed by atoms with Gasteiger partial charge in [-0.05, 0) is 36.6 Å². The summed E-state index contributed by atoms with van der Waals surface area (Å²) in [6.45, 7) is 4.77. The molecule has 1 fully saturated rings. The van der Waals surface area contributed by atoms with Crippen LogP contribution in [-0.4, -0.2) is 29.1 Å². The minimum absolute atomic E-state index is 0.0401. The number of hydrogen-bond acceptors (Lipinski definition) is 2. The molecule has 0 aliphatic carbocycles. The molecule has 0 amide bonds. The molecule has 1 heterocycles. The van der Waals surface area contributed by atoms with Crippen LogP contribution in [0.25, 0.3) is 0 Å². The number of carboxylic acids is 1. The van der Waals surface area contributed by atoms with Crippen LogP contribution in [0.5, 0.6) is 0 Å². The Morgan fingerprint density at radius 2 is 1.90 bits per heavy atom.